The lowest BCUT2D eigenvalue weighted by atomic mass is 10.0. The van der Waals surface area contributed by atoms with Crippen molar-refractivity contribution in [2.45, 2.75) is 44.1 Å². The normalized spacial score (nSPS) is 27.9. The molecule has 0 unspecified atom stereocenters. The molecule has 1 saturated heterocycles. The average molecular weight is 193 g/mol. The van der Waals surface area contributed by atoms with Crippen molar-refractivity contribution in [2.75, 3.05) is 6.54 Å². The van der Waals surface area contributed by atoms with Crippen molar-refractivity contribution in [2.24, 2.45) is 0 Å². The van der Waals surface area contributed by atoms with Crippen LogP contribution in [-0.4, -0.2) is 16.7 Å². The molecule has 1 N–H and O–H groups in total. The fraction of sp³-hybridized carbons (Fsp3) is 0.800. The molecular weight excluding hydrogens is 178 g/mol. The summed E-state index contributed by atoms with van der Waals surface area (Å²) in [5, 5.41) is 7.48. The number of rotatable bonds is 2. The third-order valence-corrected chi connectivity index (χ3v) is 3.01. The van der Waals surface area contributed by atoms with Gasteiger partial charge in [-0.25, -0.2) is 0 Å². The Morgan fingerprint density at radius 2 is 2.14 bits per heavy atom. The van der Waals surface area contributed by atoms with Gasteiger partial charge in [-0.2, -0.15) is 4.98 Å². The second kappa shape index (κ2) is 3.35. The molecule has 4 nitrogen and oxygen atoms in total. The molecule has 1 atom stereocenters. The Balaban J connectivity index is 1.74. The van der Waals surface area contributed by atoms with Crippen molar-refractivity contribution >= 4 is 0 Å². The van der Waals surface area contributed by atoms with E-state index in [4.69, 9.17) is 4.52 Å². The van der Waals surface area contributed by atoms with Crippen LogP contribution < -0.4 is 5.32 Å². The molecule has 0 spiro atoms. The van der Waals surface area contributed by atoms with Crippen molar-refractivity contribution in [3.05, 3.63) is 11.7 Å². The molecule has 14 heavy (non-hydrogen) atoms. The molecule has 2 aliphatic rings. The highest BCUT2D eigenvalue weighted by Gasteiger charge is 2.31. The maximum atomic E-state index is 5.24. The number of nitrogens with one attached hydrogen (secondary N) is 1. The van der Waals surface area contributed by atoms with E-state index >= 15 is 0 Å². The molecule has 4 heteroatoms. The van der Waals surface area contributed by atoms with Crippen LogP contribution in [0.3, 0.4) is 0 Å². The van der Waals surface area contributed by atoms with Crippen LogP contribution in [-0.2, 0) is 0 Å². The first-order valence-corrected chi connectivity index (χ1v) is 5.50. The molecule has 2 fully saturated rings. The molecule has 3 rings (SSSR count). The lowest BCUT2D eigenvalue weighted by Gasteiger charge is -2.19. The van der Waals surface area contributed by atoms with Crippen LogP contribution in [0.25, 0.3) is 0 Å². The zero-order valence-corrected chi connectivity index (χ0v) is 8.20. The van der Waals surface area contributed by atoms with E-state index in [0.717, 1.165) is 24.7 Å². The quantitative estimate of drug-likeness (QED) is 0.777. The van der Waals surface area contributed by atoms with E-state index in [1.54, 1.807) is 0 Å². The lowest BCUT2D eigenvalue weighted by molar-refractivity contribution is 0.349. The fourth-order valence-electron chi connectivity index (χ4n) is 1.96. The summed E-state index contributed by atoms with van der Waals surface area (Å²) in [6.45, 7) is 1.08. The molecule has 0 bridgehead atoms. The van der Waals surface area contributed by atoms with Gasteiger partial charge in [0.2, 0.25) is 5.89 Å². The van der Waals surface area contributed by atoms with Crippen molar-refractivity contribution in [1.82, 2.24) is 15.5 Å². The van der Waals surface area contributed by atoms with Gasteiger partial charge in [-0.05, 0) is 32.2 Å². The minimum absolute atomic E-state index is 0.333. The van der Waals surface area contributed by atoms with Gasteiger partial charge in [-0.1, -0.05) is 11.6 Å². The summed E-state index contributed by atoms with van der Waals surface area (Å²) in [7, 11) is 0. The summed E-state index contributed by atoms with van der Waals surface area (Å²) in [5.74, 6) is 2.29. The summed E-state index contributed by atoms with van der Waals surface area (Å²) in [6, 6.07) is 0.333. The van der Waals surface area contributed by atoms with Crippen LogP contribution in [0.5, 0.6) is 0 Å². The first-order chi connectivity index (χ1) is 6.93. The van der Waals surface area contributed by atoms with Gasteiger partial charge >= 0.3 is 0 Å². The third-order valence-electron chi connectivity index (χ3n) is 3.01. The molecule has 1 aliphatic carbocycles. The number of nitrogens with zero attached hydrogens (tertiary/aromatic N) is 2. The monoisotopic (exact) mass is 193 g/mol. The molecule has 1 aromatic rings. The first kappa shape index (κ1) is 8.41. The SMILES string of the molecule is C1CC[C@H](c2noc(C3CC3)n2)NC1. The van der Waals surface area contributed by atoms with Crippen LogP contribution in [0.15, 0.2) is 4.52 Å². The van der Waals surface area contributed by atoms with Crippen LogP contribution in [0.4, 0.5) is 0 Å². The van der Waals surface area contributed by atoms with Crippen molar-refractivity contribution < 1.29 is 4.52 Å². The molecule has 0 radical (unpaired) electrons. The molecule has 1 aromatic heterocycles. The van der Waals surface area contributed by atoms with Gasteiger partial charge in [0, 0.05) is 5.92 Å². The molecule has 1 saturated carbocycles. The zero-order chi connectivity index (χ0) is 9.38. The van der Waals surface area contributed by atoms with E-state index in [1.165, 1.54) is 25.7 Å². The smallest absolute Gasteiger partial charge is 0.229 e. The highest BCUT2D eigenvalue weighted by Crippen LogP contribution is 2.39. The van der Waals surface area contributed by atoms with Crippen molar-refractivity contribution in [1.29, 1.82) is 0 Å². The van der Waals surface area contributed by atoms with E-state index in [2.05, 4.69) is 15.5 Å². The number of hydrogen-bond acceptors (Lipinski definition) is 4. The Labute approximate surface area is 83.1 Å². The Morgan fingerprint density at radius 3 is 2.86 bits per heavy atom. The standard InChI is InChI=1S/C10H15N3O/c1-2-6-11-8(3-1)9-12-10(14-13-9)7-4-5-7/h7-8,11H,1-6H2/t8-/m1/s1. The van der Waals surface area contributed by atoms with Crippen LogP contribution >= 0.6 is 0 Å². The first-order valence-electron chi connectivity index (χ1n) is 5.50. The van der Waals surface area contributed by atoms with Gasteiger partial charge in [0.05, 0.1) is 6.04 Å². The second-order valence-corrected chi connectivity index (χ2v) is 4.27. The van der Waals surface area contributed by atoms with Gasteiger partial charge in [-0.15, -0.1) is 0 Å². The van der Waals surface area contributed by atoms with E-state index in [0.29, 0.717) is 12.0 Å². The topological polar surface area (TPSA) is 51.0 Å². The number of hydrogen-bond donors (Lipinski definition) is 1. The van der Waals surface area contributed by atoms with E-state index in [1.807, 2.05) is 0 Å². The Bertz CT molecular complexity index is 313. The van der Waals surface area contributed by atoms with Crippen molar-refractivity contribution in [3.63, 3.8) is 0 Å². The lowest BCUT2D eigenvalue weighted by Crippen LogP contribution is -2.27. The zero-order valence-electron chi connectivity index (χ0n) is 8.20. The minimum Gasteiger partial charge on any atom is -0.339 e. The van der Waals surface area contributed by atoms with Crippen LogP contribution in [0.2, 0.25) is 0 Å². The van der Waals surface area contributed by atoms with Crippen molar-refractivity contribution in [3.8, 4) is 0 Å². The molecule has 2 heterocycles. The molecular formula is C10H15N3O. The van der Waals surface area contributed by atoms with Crippen LogP contribution in [0.1, 0.15) is 55.8 Å². The Morgan fingerprint density at radius 1 is 1.21 bits per heavy atom. The average Bonchev–Trinajstić information content (AvgIpc) is 2.98. The largest absolute Gasteiger partial charge is 0.339 e. The minimum atomic E-state index is 0.333. The van der Waals surface area contributed by atoms with Gasteiger partial charge < -0.3 is 9.84 Å². The number of aromatic nitrogens is 2. The summed E-state index contributed by atoms with van der Waals surface area (Å²) in [6.07, 6.45) is 6.12. The van der Waals surface area contributed by atoms with Gasteiger partial charge in [0.25, 0.3) is 0 Å². The van der Waals surface area contributed by atoms with Gasteiger partial charge in [0.1, 0.15) is 0 Å². The van der Waals surface area contributed by atoms with Crippen LogP contribution in [0, 0.1) is 0 Å². The predicted molar refractivity (Wildman–Crippen MR) is 50.9 cm³/mol. The highest BCUT2D eigenvalue weighted by atomic mass is 16.5. The van der Waals surface area contributed by atoms with Gasteiger partial charge in [0.15, 0.2) is 5.82 Å². The third kappa shape index (κ3) is 1.54. The highest BCUT2D eigenvalue weighted by molar-refractivity contribution is 5.04. The summed E-state index contributed by atoms with van der Waals surface area (Å²) < 4.78 is 5.24. The molecule has 1 aliphatic heterocycles. The summed E-state index contributed by atoms with van der Waals surface area (Å²) >= 11 is 0. The molecule has 0 aromatic carbocycles. The van der Waals surface area contributed by atoms with E-state index in [-0.39, 0.29) is 0 Å². The van der Waals surface area contributed by atoms with E-state index in [9.17, 15) is 0 Å². The Hall–Kier alpha value is -0.900. The number of piperidine rings is 1. The molecule has 0 amide bonds. The second-order valence-electron chi connectivity index (χ2n) is 4.27. The van der Waals surface area contributed by atoms with Gasteiger partial charge in [-0.3, -0.25) is 0 Å². The summed E-state index contributed by atoms with van der Waals surface area (Å²) in [4.78, 5) is 4.46. The Kier molecular flexibility index (Phi) is 2.01. The van der Waals surface area contributed by atoms with E-state index < -0.39 is 0 Å². The summed E-state index contributed by atoms with van der Waals surface area (Å²) in [5.41, 5.74) is 0. The maximum Gasteiger partial charge on any atom is 0.229 e. The maximum absolute atomic E-state index is 5.24. The fourth-order valence-corrected chi connectivity index (χ4v) is 1.96. The predicted octanol–water partition coefficient (Wildman–Crippen LogP) is 1.76. The molecule has 76 valence electrons.